The van der Waals surface area contributed by atoms with Gasteiger partial charge in [-0.1, -0.05) is 18.2 Å². The second-order valence-electron chi connectivity index (χ2n) is 4.60. The molecule has 1 aromatic rings. The van der Waals surface area contributed by atoms with E-state index in [-0.39, 0.29) is 24.3 Å². The van der Waals surface area contributed by atoms with E-state index in [9.17, 15) is 9.18 Å². The van der Waals surface area contributed by atoms with Crippen LogP contribution in [0.5, 0.6) is 0 Å². The van der Waals surface area contributed by atoms with Crippen molar-refractivity contribution >= 4 is 5.97 Å². The van der Waals surface area contributed by atoms with Crippen LogP contribution in [0.1, 0.15) is 12.0 Å². The Kier molecular flexibility index (Phi) is 4.87. The van der Waals surface area contributed by atoms with Gasteiger partial charge >= 0.3 is 5.97 Å². The quantitative estimate of drug-likeness (QED) is 0.777. The summed E-state index contributed by atoms with van der Waals surface area (Å²) in [6.07, 6.45) is 0.0672. The molecule has 0 spiro atoms. The molecular weight excluding hydrogens is 249 g/mol. The first-order valence-corrected chi connectivity index (χ1v) is 6.33. The molecule has 0 bridgehead atoms. The van der Waals surface area contributed by atoms with Crippen LogP contribution in [0.15, 0.2) is 24.3 Å². The summed E-state index contributed by atoms with van der Waals surface area (Å²) in [7, 11) is 1.36. The largest absolute Gasteiger partial charge is 0.469 e. The fraction of sp³-hybridized carbons (Fsp3) is 0.500. The summed E-state index contributed by atoms with van der Waals surface area (Å²) < 4.78 is 23.7. The zero-order valence-electron chi connectivity index (χ0n) is 11.0. The topological polar surface area (TPSA) is 38.8 Å². The zero-order chi connectivity index (χ0) is 13.7. The molecule has 4 nitrogen and oxygen atoms in total. The van der Waals surface area contributed by atoms with Crippen LogP contribution in [0.25, 0.3) is 0 Å². The van der Waals surface area contributed by atoms with E-state index in [1.165, 1.54) is 13.2 Å². The Labute approximate surface area is 112 Å². The summed E-state index contributed by atoms with van der Waals surface area (Å²) >= 11 is 0. The molecule has 1 fully saturated rings. The number of morpholine rings is 1. The van der Waals surface area contributed by atoms with Gasteiger partial charge in [0.2, 0.25) is 0 Å². The maximum absolute atomic E-state index is 13.6. The molecule has 0 N–H and O–H groups in total. The van der Waals surface area contributed by atoms with E-state index in [0.717, 1.165) is 6.54 Å². The zero-order valence-corrected chi connectivity index (χ0v) is 11.0. The average molecular weight is 267 g/mol. The van der Waals surface area contributed by atoms with Gasteiger partial charge in [0, 0.05) is 25.2 Å². The molecule has 0 saturated carbocycles. The Hall–Kier alpha value is -1.46. The van der Waals surface area contributed by atoms with Crippen LogP contribution in [0.2, 0.25) is 0 Å². The lowest BCUT2D eigenvalue weighted by molar-refractivity contribution is -0.145. The molecule has 5 heteroatoms. The molecule has 2 rings (SSSR count). The van der Waals surface area contributed by atoms with E-state index in [1.807, 2.05) is 6.07 Å². The number of carbonyl (C=O) groups excluding carboxylic acids is 1. The van der Waals surface area contributed by atoms with Crippen molar-refractivity contribution in [2.75, 3.05) is 26.8 Å². The van der Waals surface area contributed by atoms with Crippen LogP contribution in [0.3, 0.4) is 0 Å². The third-order valence-corrected chi connectivity index (χ3v) is 3.20. The number of hydrogen-bond donors (Lipinski definition) is 0. The van der Waals surface area contributed by atoms with E-state index >= 15 is 0 Å². The molecule has 1 unspecified atom stereocenters. The Morgan fingerprint density at radius 1 is 1.53 bits per heavy atom. The highest BCUT2D eigenvalue weighted by Gasteiger charge is 2.23. The maximum atomic E-state index is 13.6. The summed E-state index contributed by atoms with van der Waals surface area (Å²) in [6.45, 7) is 2.44. The van der Waals surface area contributed by atoms with Crippen molar-refractivity contribution in [1.82, 2.24) is 4.90 Å². The van der Waals surface area contributed by atoms with Crippen molar-refractivity contribution in [3.8, 4) is 0 Å². The molecule has 19 heavy (non-hydrogen) atoms. The monoisotopic (exact) mass is 267 g/mol. The van der Waals surface area contributed by atoms with Gasteiger partial charge in [0.05, 0.1) is 26.2 Å². The van der Waals surface area contributed by atoms with Gasteiger partial charge in [-0.3, -0.25) is 9.69 Å². The lowest BCUT2D eigenvalue weighted by Gasteiger charge is -2.32. The highest BCUT2D eigenvalue weighted by molar-refractivity contribution is 5.69. The SMILES string of the molecule is COC(=O)CC1CN(Cc2ccccc2F)CCO1. The molecule has 1 aliphatic heterocycles. The molecule has 1 atom stereocenters. The molecule has 0 aromatic heterocycles. The standard InChI is InChI=1S/C14H18FNO3/c1-18-14(17)8-12-10-16(6-7-19-12)9-11-4-2-3-5-13(11)15/h2-5,12H,6-10H2,1H3. The number of rotatable bonds is 4. The molecule has 1 aliphatic rings. The summed E-state index contributed by atoms with van der Waals surface area (Å²) in [5, 5.41) is 0. The van der Waals surface area contributed by atoms with Crippen molar-refractivity contribution in [3.05, 3.63) is 35.6 Å². The molecule has 0 amide bonds. The number of carbonyl (C=O) groups is 1. The number of methoxy groups -OCH3 is 1. The van der Waals surface area contributed by atoms with Gasteiger partial charge in [0.15, 0.2) is 0 Å². The van der Waals surface area contributed by atoms with Crippen LogP contribution < -0.4 is 0 Å². The highest BCUT2D eigenvalue weighted by atomic mass is 19.1. The Morgan fingerprint density at radius 2 is 2.32 bits per heavy atom. The van der Waals surface area contributed by atoms with Crippen LogP contribution in [-0.4, -0.2) is 43.8 Å². The Morgan fingerprint density at radius 3 is 3.05 bits per heavy atom. The van der Waals surface area contributed by atoms with Crippen molar-refractivity contribution in [1.29, 1.82) is 0 Å². The van der Waals surface area contributed by atoms with E-state index in [4.69, 9.17) is 4.74 Å². The van der Waals surface area contributed by atoms with Crippen LogP contribution in [-0.2, 0) is 20.8 Å². The fourth-order valence-corrected chi connectivity index (χ4v) is 2.18. The van der Waals surface area contributed by atoms with Crippen molar-refractivity contribution in [3.63, 3.8) is 0 Å². The lowest BCUT2D eigenvalue weighted by atomic mass is 10.1. The molecule has 1 aromatic carbocycles. The first kappa shape index (κ1) is 14.0. The van der Waals surface area contributed by atoms with Crippen LogP contribution in [0.4, 0.5) is 4.39 Å². The van der Waals surface area contributed by atoms with Crippen molar-refractivity contribution in [2.24, 2.45) is 0 Å². The van der Waals surface area contributed by atoms with Crippen molar-refractivity contribution in [2.45, 2.75) is 19.1 Å². The minimum absolute atomic E-state index is 0.173. The molecule has 1 saturated heterocycles. The van der Waals surface area contributed by atoms with Crippen LogP contribution >= 0.6 is 0 Å². The Balaban J connectivity index is 1.91. The van der Waals surface area contributed by atoms with E-state index in [2.05, 4.69) is 9.64 Å². The molecule has 1 heterocycles. The molecule has 0 aliphatic carbocycles. The van der Waals surface area contributed by atoms with Gasteiger partial charge in [-0.2, -0.15) is 0 Å². The minimum Gasteiger partial charge on any atom is -0.469 e. The number of nitrogens with zero attached hydrogens (tertiary/aromatic N) is 1. The number of benzene rings is 1. The number of hydrogen-bond acceptors (Lipinski definition) is 4. The summed E-state index contributed by atoms with van der Waals surface area (Å²) in [6, 6.07) is 6.74. The maximum Gasteiger partial charge on any atom is 0.308 e. The van der Waals surface area contributed by atoms with E-state index in [0.29, 0.717) is 25.3 Å². The summed E-state index contributed by atoms with van der Waals surface area (Å²) in [5.74, 6) is -0.476. The first-order valence-electron chi connectivity index (χ1n) is 6.33. The second-order valence-corrected chi connectivity index (χ2v) is 4.60. The van der Waals surface area contributed by atoms with Gasteiger partial charge < -0.3 is 9.47 Å². The van der Waals surface area contributed by atoms with Gasteiger partial charge in [-0.25, -0.2) is 4.39 Å². The third-order valence-electron chi connectivity index (χ3n) is 3.20. The van der Waals surface area contributed by atoms with Crippen LogP contribution in [0, 0.1) is 5.82 Å². The van der Waals surface area contributed by atoms with Gasteiger partial charge in [0.25, 0.3) is 0 Å². The average Bonchev–Trinajstić information content (AvgIpc) is 2.42. The summed E-state index contributed by atoms with van der Waals surface area (Å²) in [4.78, 5) is 13.3. The molecular formula is C14H18FNO3. The normalized spacial score (nSPS) is 20.2. The number of esters is 1. The second kappa shape index (κ2) is 6.63. The Bertz CT molecular complexity index is 438. The van der Waals surface area contributed by atoms with E-state index < -0.39 is 0 Å². The first-order chi connectivity index (χ1) is 9.19. The summed E-state index contributed by atoms with van der Waals surface area (Å²) in [5.41, 5.74) is 0.668. The van der Waals surface area contributed by atoms with Gasteiger partial charge in [-0.05, 0) is 6.07 Å². The lowest BCUT2D eigenvalue weighted by Crippen LogP contribution is -2.43. The number of ether oxygens (including phenoxy) is 2. The predicted octanol–water partition coefficient (Wildman–Crippen LogP) is 1.59. The van der Waals surface area contributed by atoms with Gasteiger partial charge in [-0.15, -0.1) is 0 Å². The smallest absolute Gasteiger partial charge is 0.308 e. The van der Waals surface area contributed by atoms with Gasteiger partial charge in [0.1, 0.15) is 5.82 Å². The fourth-order valence-electron chi connectivity index (χ4n) is 2.18. The third kappa shape index (κ3) is 4.01. The minimum atomic E-state index is -0.280. The van der Waals surface area contributed by atoms with Crippen molar-refractivity contribution < 1.29 is 18.7 Å². The highest BCUT2D eigenvalue weighted by Crippen LogP contribution is 2.15. The number of halogens is 1. The predicted molar refractivity (Wildman–Crippen MR) is 68.1 cm³/mol. The molecule has 0 radical (unpaired) electrons. The van der Waals surface area contributed by atoms with E-state index in [1.54, 1.807) is 12.1 Å². The molecule has 104 valence electrons.